The average molecular weight is 741 g/mol. The summed E-state index contributed by atoms with van der Waals surface area (Å²) in [5.41, 5.74) is 17.2. The standard InChI is InChI=1S/C54H36N4/c1-4-15-35(16-5-1)39-22-12-24-42(31-39)57-48-27-11-10-26-44(48)45-33-40-30-29-38-21-14-28-49-50(38)51(40)53(52(45)57)58(49)43-25-13-23-41(32-43)54-55-46(36-17-6-2-7-18-36)34-47(56-54)37-19-8-3-9-20-37/h1-28,31-34H,29-30H2. The lowest BCUT2D eigenvalue weighted by molar-refractivity contribution is 0.971. The van der Waals surface area contributed by atoms with Gasteiger partial charge in [-0.1, -0.05) is 146 Å². The molecule has 0 amide bonds. The van der Waals surface area contributed by atoms with Crippen LogP contribution in [0, 0.1) is 0 Å². The number of hydrogen-bond acceptors (Lipinski definition) is 2. The first kappa shape index (κ1) is 32.7. The van der Waals surface area contributed by atoms with Crippen LogP contribution in [-0.4, -0.2) is 19.1 Å². The summed E-state index contributed by atoms with van der Waals surface area (Å²) >= 11 is 0. The molecule has 11 aromatic rings. The van der Waals surface area contributed by atoms with Crippen LogP contribution in [0.15, 0.2) is 194 Å². The molecule has 0 bridgehead atoms. The Kier molecular flexibility index (Phi) is 7.32. The van der Waals surface area contributed by atoms with Gasteiger partial charge in [-0.25, -0.2) is 9.97 Å². The van der Waals surface area contributed by atoms with Crippen molar-refractivity contribution in [3.05, 3.63) is 205 Å². The topological polar surface area (TPSA) is 35.6 Å². The van der Waals surface area contributed by atoms with Crippen molar-refractivity contribution in [1.29, 1.82) is 0 Å². The first-order valence-electron chi connectivity index (χ1n) is 20.0. The molecule has 1 aliphatic carbocycles. The third kappa shape index (κ3) is 5.08. The van der Waals surface area contributed by atoms with Gasteiger partial charge in [-0.2, -0.15) is 0 Å². The smallest absolute Gasteiger partial charge is 0.160 e. The summed E-state index contributed by atoms with van der Waals surface area (Å²) in [4.78, 5) is 10.5. The van der Waals surface area contributed by atoms with Crippen molar-refractivity contribution < 1.29 is 0 Å². The normalized spacial score (nSPS) is 12.3. The number of para-hydroxylation sites is 1. The summed E-state index contributed by atoms with van der Waals surface area (Å²) in [7, 11) is 0. The number of fused-ring (bicyclic) bond motifs is 4. The van der Waals surface area contributed by atoms with Crippen LogP contribution in [0.3, 0.4) is 0 Å². The highest BCUT2D eigenvalue weighted by Crippen LogP contribution is 2.47. The first-order valence-corrected chi connectivity index (χ1v) is 20.0. The van der Waals surface area contributed by atoms with Crippen molar-refractivity contribution in [3.63, 3.8) is 0 Å². The fourth-order valence-electron chi connectivity index (χ4n) is 9.38. The second-order valence-corrected chi connectivity index (χ2v) is 15.3. The maximum atomic E-state index is 5.23. The van der Waals surface area contributed by atoms with Crippen molar-refractivity contribution in [2.45, 2.75) is 12.8 Å². The van der Waals surface area contributed by atoms with Crippen LogP contribution in [-0.2, 0) is 12.8 Å². The molecule has 1 aliphatic rings. The molecule has 58 heavy (non-hydrogen) atoms. The average Bonchev–Trinajstić information content (AvgIpc) is 3.83. The molecule has 4 nitrogen and oxygen atoms in total. The SMILES string of the molecule is c1ccc(-c2cccc(-n3c4ccccc4c4cc5c6c7c(cccc7n(-c7cccc(-c8nc(-c9ccccc9)cc(-c9ccccc9)n8)c7)c6c43)CC5)c2)cc1. The molecule has 0 aliphatic heterocycles. The molecule has 272 valence electrons. The van der Waals surface area contributed by atoms with Gasteiger partial charge >= 0.3 is 0 Å². The Morgan fingerprint density at radius 1 is 0.345 bits per heavy atom. The molecule has 3 aromatic heterocycles. The van der Waals surface area contributed by atoms with E-state index in [-0.39, 0.29) is 0 Å². The minimum absolute atomic E-state index is 0.700. The first-order chi connectivity index (χ1) is 28.8. The van der Waals surface area contributed by atoms with Crippen LogP contribution >= 0.6 is 0 Å². The molecule has 12 rings (SSSR count). The zero-order valence-electron chi connectivity index (χ0n) is 31.7. The summed E-state index contributed by atoms with van der Waals surface area (Å²) in [6.07, 6.45) is 2.03. The van der Waals surface area contributed by atoms with Crippen molar-refractivity contribution >= 4 is 43.6 Å². The van der Waals surface area contributed by atoms with Crippen LogP contribution in [0.5, 0.6) is 0 Å². The van der Waals surface area contributed by atoms with E-state index >= 15 is 0 Å². The molecule has 0 N–H and O–H groups in total. The number of rotatable bonds is 6. The maximum absolute atomic E-state index is 5.23. The molecular formula is C54H36N4. The summed E-state index contributed by atoms with van der Waals surface area (Å²) in [6.45, 7) is 0. The van der Waals surface area contributed by atoms with Gasteiger partial charge in [-0.15, -0.1) is 0 Å². The van der Waals surface area contributed by atoms with Gasteiger partial charge in [0.15, 0.2) is 5.82 Å². The van der Waals surface area contributed by atoms with Crippen LogP contribution in [0.25, 0.3) is 100 Å². The highest BCUT2D eigenvalue weighted by Gasteiger charge is 2.27. The van der Waals surface area contributed by atoms with E-state index in [0.29, 0.717) is 5.82 Å². The van der Waals surface area contributed by atoms with Crippen molar-refractivity contribution in [3.8, 4) is 56.4 Å². The quantitative estimate of drug-likeness (QED) is 0.170. The molecule has 3 heterocycles. The Bertz CT molecular complexity index is 3320. The molecule has 0 spiro atoms. The lowest BCUT2D eigenvalue weighted by Gasteiger charge is -2.16. The second-order valence-electron chi connectivity index (χ2n) is 15.3. The number of nitrogens with zero attached hydrogens (tertiary/aromatic N) is 4. The summed E-state index contributed by atoms with van der Waals surface area (Å²) in [5, 5.41) is 5.25. The van der Waals surface area contributed by atoms with Crippen molar-refractivity contribution in [2.75, 3.05) is 0 Å². The van der Waals surface area contributed by atoms with E-state index in [4.69, 9.17) is 9.97 Å². The third-order valence-electron chi connectivity index (χ3n) is 12.0. The summed E-state index contributed by atoms with van der Waals surface area (Å²) in [6, 6.07) is 69.7. The van der Waals surface area contributed by atoms with E-state index in [1.54, 1.807) is 0 Å². The third-order valence-corrected chi connectivity index (χ3v) is 12.0. The lowest BCUT2D eigenvalue weighted by atomic mass is 9.90. The Morgan fingerprint density at radius 3 is 1.59 bits per heavy atom. The summed E-state index contributed by atoms with van der Waals surface area (Å²) < 4.78 is 5.02. The molecular weight excluding hydrogens is 705 g/mol. The Morgan fingerprint density at radius 2 is 0.879 bits per heavy atom. The van der Waals surface area contributed by atoms with E-state index in [1.165, 1.54) is 65.9 Å². The van der Waals surface area contributed by atoms with Gasteiger partial charge in [-0.05, 0) is 83.6 Å². The number of aromatic nitrogens is 4. The van der Waals surface area contributed by atoms with Gasteiger partial charge in [-0.3, -0.25) is 0 Å². The van der Waals surface area contributed by atoms with E-state index < -0.39 is 0 Å². The van der Waals surface area contributed by atoms with E-state index in [2.05, 4.69) is 191 Å². The molecule has 0 unspecified atom stereocenters. The largest absolute Gasteiger partial charge is 0.307 e. The molecule has 0 atom stereocenters. The van der Waals surface area contributed by atoms with Crippen LogP contribution in [0.2, 0.25) is 0 Å². The highest BCUT2D eigenvalue weighted by molar-refractivity contribution is 6.26. The fraction of sp³-hybridized carbons (Fsp3) is 0.0370. The Balaban J connectivity index is 1.16. The molecule has 0 saturated carbocycles. The number of aryl methyl sites for hydroxylation is 2. The zero-order chi connectivity index (χ0) is 38.2. The van der Waals surface area contributed by atoms with Gasteiger partial charge < -0.3 is 9.13 Å². The molecule has 8 aromatic carbocycles. The molecule has 0 fully saturated rings. The minimum atomic E-state index is 0.700. The summed E-state index contributed by atoms with van der Waals surface area (Å²) in [5.74, 6) is 0.700. The van der Waals surface area contributed by atoms with Crippen LogP contribution in [0.4, 0.5) is 0 Å². The number of hydrogen-bond donors (Lipinski definition) is 0. The Labute approximate surface area is 336 Å². The van der Waals surface area contributed by atoms with Crippen LogP contribution < -0.4 is 0 Å². The highest BCUT2D eigenvalue weighted by atomic mass is 15.0. The zero-order valence-corrected chi connectivity index (χ0v) is 31.7. The van der Waals surface area contributed by atoms with Crippen LogP contribution in [0.1, 0.15) is 11.1 Å². The van der Waals surface area contributed by atoms with Crippen molar-refractivity contribution in [2.24, 2.45) is 0 Å². The van der Waals surface area contributed by atoms with Gasteiger partial charge in [0.1, 0.15) is 0 Å². The predicted octanol–water partition coefficient (Wildman–Crippen LogP) is 13.4. The second kappa shape index (κ2) is 13.0. The van der Waals surface area contributed by atoms with Crippen molar-refractivity contribution in [1.82, 2.24) is 19.1 Å². The lowest BCUT2D eigenvalue weighted by Crippen LogP contribution is -2.01. The van der Waals surface area contributed by atoms with Gasteiger partial charge in [0.05, 0.1) is 33.5 Å². The van der Waals surface area contributed by atoms with Gasteiger partial charge in [0, 0.05) is 49.6 Å². The fourth-order valence-corrected chi connectivity index (χ4v) is 9.38. The molecule has 0 radical (unpaired) electrons. The number of benzene rings is 8. The Hall–Kier alpha value is -7.56. The van der Waals surface area contributed by atoms with Gasteiger partial charge in [0.25, 0.3) is 0 Å². The van der Waals surface area contributed by atoms with E-state index in [1.807, 2.05) is 12.1 Å². The van der Waals surface area contributed by atoms with E-state index in [9.17, 15) is 0 Å². The monoisotopic (exact) mass is 740 g/mol. The molecule has 0 saturated heterocycles. The predicted molar refractivity (Wildman–Crippen MR) is 240 cm³/mol. The van der Waals surface area contributed by atoms with Gasteiger partial charge in [0.2, 0.25) is 0 Å². The molecule has 4 heteroatoms. The minimum Gasteiger partial charge on any atom is -0.307 e. The maximum Gasteiger partial charge on any atom is 0.160 e. The van der Waals surface area contributed by atoms with E-state index in [0.717, 1.165) is 52.3 Å².